The summed E-state index contributed by atoms with van der Waals surface area (Å²) in [6, 6.07) is 6.64. The zero-order valence-electron chi connectivity index (χ0n) is 15.2. The van der Waals surface area contributed by atoms with E-state index in [1.807, 2.05) is 19.2 Å². The summed E-state index contributed by atoms with van der Waals surface area (Å²) in [6.07, 6.45) is 5.49. The van der Waals surface area contributed by atoms with E-state index in [2.05, 4.69) is 15.1 Å². The van der Waals surface area contributed by atoms with Crippen molar-refractivity contribution in [2.75, 3.05) is 33.2 Å². The molecule has 1 N–H and O–H groups in total. The highest BCUT2D eigenvalue weighted by Gasteiger charge is 2.33. The van der Waals surface area contributed by atoms with Gasteiger partial charge in [0.2, 0.25) is 5.91 Å². The van der Waals surface area contributed by atoms with E-state index in [4.69, 9.17) is 0 Å². The molecule has 0 saturated carbocycles. The fourth-order valence-electron chi connectivity index (χ4n) is 4.22. The number of rotatable bonds is 5. The minimum atomic E-state index is -0.209. The molecular formula is C20H30FN3O. The van der Waals surface area contributed by atoms with Gasteiger partial charge in [0.05, 0.1) is 6.04 Å². The molecule has 0 spiro atoms. The molecule has 0 radical (unpaired) electrons. The number of amides is 1. The highest BCUT2D eigenvalue weighted by Crippen LogP contribution is 2.24. The average Bonchev–Trinajstić information content (AvgIpc) is 2.64. The van der Waals surface area contributed by atoms with Crippen molar-refractivity contribution in [1.82, 2.24) is 15.1 Å². The quantitative estimate of drug-likeness (QED) is 0.889. The van der Waals surface area contributed by atoms with Crippen LogP contribution in [0.2, 0.25) is 0 Å². The summed E-state index contributed by atoms with van der Waals surface area (Å²) < 4.78 is 13.1. The average molecular weight is 347 g/mol. The molecule has 2 aliphatic heterocycles. The lowest BCUT2D eigenvalue weighted by atomic mass is 9.95. The van der Waals surface area contributed by atoms with Crippen LogP contribution in [0, 0.1) is 11.7 Å². The second kappa shape index (κ2) is 8.77. The maximum Gasteiger partial charge on any atom is 0.239 e. The number of nitrogens with zero attached hydrogens (tertiary/aromatic N) is 2. The Hall–Kier alpha value is -1.46. The number of benzene rings is 1. The largest absolute Gasteiger partial charge is 0.341 e. The Balaban J connectivity index is 1.65. The van der Waals surface area contributed by atoms with Crippen molar-refractivity contribution in [2.45, 2.75) is 44.7 Å². The minimum absolute atomic E-state index is 0.0212. The van der Waals surface area contributed by atoms with Gasteiger partial charge in [-0.1, -0.05) is 18.6 Å². The highest BCUT2D eigenvalue weighted by atomic mass is 19.1. The van der Waals surface area contributed by atoms with Gasteiger partial charge in [0.25, 0.3) is 0 Å². The van der Waals surface area contributed by atoms with Crippen molar-refractivity contribution in [3.05, 3.63) is 35.6 Å². The van der Waals surface area contributed by atoms with Crippen LogP contribution in [-0.2, 0) is 11.3 Å². The maximum atomic E-state index is 13.2. The van der Waals surface area contributed by atoms with Crippen LogP contribution in [0.25, 0.3) is 0 Å². The van der Waals surface area contributed by atoms with Gasteiger partial charge in [0.1, 0.15) is 5.82 Å². The van der Waals surface area contributed by atoms with Gasteiger partial charge in [0.15, 0.2) is 0 Å². The number of likely N-dealkylation sites (tertiary alicyclic amines) is 2. The molecule has 2 atom stereocenters. The predicted octanol–water partition coefficient (Wildman–Crippen LogP) is 2.64. The molecule has 2 saturated heterocycles. The first-order chi connectivity index (χ1) is 12.2. The van der Waals surface area contributed by atoms with E-state index < -0.39 is 0 Å². The molecule has 4 nitrogen and oxygen atoms in total. The van der Waals surface area contributed by atoms with Gasteiger partial charge in [-0.05, 0) is 69.4 Å². The first-order valence-corrected chi connectivity index (χ1v) is 9.59. The molecule has 0 aliphatic carbocycles. The zero-order valence-corrected chi connectivity index (χ0v) is 15.2. The summed E-state index contributed by atoms with van der Waals surface area (Å²) in [7, 11) is 1.98. The highest BCUT2D eigenvalue weighted by molar-refractivity contribution is 5.82. The SMILES string of the molecule is CNC[C@@H]1CCCN(C(=O)[C@H]2CCCCN2Cc2ccc(F)cc2)C1. The number of piperidine rings is 2. The monoisotopic (exact) mass is 347 g/mol. The molecule has 0 unspecified atom stereocenters. The Labute approximate surface area is 150 Å². The molecular weight excluding hydrogens is 317 g/mol. The van der Waals surface area contributed by atoms with Gasteiger partial charge >= 0.3 is 0 Å². The molecule has 1 amide bonds. The summed E-state index contributed by atoms with van der Waals surface area (Å²) in [5.74, 6) is 0.651. The molecule has 0 bridgehead atoms. The third-order valence-corrected chi connectivity index (χ3v) is 5.52. The number of carbonyl (C=O) groups is 1. The van der Waals surface area contributed by atoms with E-state index in [9.17, 15) is 9.18 Å². The number of carbonyl (C=O) groups excluding carboxylic acids is 1. The first kappa shape index (κ1) is 18.3. The summed E-state index contributed by atoms with van der Waals surface area (Å²) in [5.41, 5.74) is 1.08. The molecule has 2 heterocycles. The molecule has 0 aromatic heterocycles. The Kier molecular flexibility index (Phi) is 6.43. The van der Waals surface area contributed by atoms with E-state index in [0.717, 1.165) is 64.0 Å². The summed E-state index contributed by atoms with van der Waals surface area (Å²) in [4.78, 5) is 17.5. The van der Waals surface area contributed by atoms with Gasteiger partial charge in [-0.2, -0.15) is 0 Å². The second-order valence-corrected chi connectivity index (χ2v) is 7.46. The molecule has 1 aromatic carbocycles. The number of hydrogen-bond donors (Lipinski definition) is 1. The topological polar surface area (TPSA) is 35.6 Å². The maximum absolute atomic E-state index is 13.2. The lowest BCUT2D eigenvalue weighted by Crippen LogP contribution is -2.53. The Bertz CT molecular complexity index is 561. The van der Waals surface area contributed by atoms with E-state index in [0.29, 0.717) is 11.8 Å². The van der Waals surface area contributed by atoms with E-state index in [1.54, 1.807) is 0 Å². The van der Waals surface area contributed by atoms with Crippen LogP contribution in [0.5, 0.6) is 0 Å². The lowest BCUT2D eigenvalue weighted by Gasteiger charge is -2.40. The predicted molar refractivity (Wildman–Crippen MR) is 97.7 cm³/mol. The van der Waals surface area contributed by atoms with Crippen molar-refractivity contribution in [2.24, 2.45) is 5.92 Å². The number of hydrogen-bond acceptors (Lipinski definition) is 3. The summed E-state index contributed by atoms with van der Waals surface area (Å²) in [6.45, 7) is 4.42. The van der Waals surface area contributed by atoms with Crippen molar-refractivity contribution in [3.63, 3.8) is 0 Å². The molecule has 1 aromatic rings. The van der Waals surface area contributed by atoms with E-state index in [1.165, 1.54) is 18.6 Å². The number of nitrogens with one attached hydrogen (secondary N) is 1. The molecule has 25 heavy (non-hydrogen) atoms. The van der Waals surface area contributed by atoms with Crippen LogP contribution in [-0.4, -0.2) is 55.0 Å². The first-order valence-electron chi connectivity index (χ1n) is 9.59. The van der Waals surface area contributed by atoms with Crippen LogP contribution in [0.15, 0.2) is 24.3 Å². The van der Waals surface area contributed by atoms with Crippen molar-refractivity contribution < 1.29 is 9.18 Å². The zero-order chi connectivity index (χ0) is 17.6. The number of halogens is 1. The lowest BCUT2D eigenvalue weighted by molar-refractivity contribution is -0.140. The second-order valence-electron chi connectivity index (χ2n) is 7.46. The van der Waals surface area contributed by atoms with E-state index >= 15 is 0 Å². The van der Waals surface area contributed by atoms with Crippen LogP contribution >= 0.6 is 0 Å². The van der Waals surface area contributed by atoms with Crippen LogP contribution in [0.1, 0.15) is 37.7 Å². The fraction of sp³-hybridized carbons (Fsp3) is 0.650. The van der Waals surface area contributed by atoms with Crippen molar-refractivity contribution in [3.8, 4) is 0 Å². The Morgan fingerprint density at radius 2 is 1.96 bits per heavy atom. The smallest absolute Gasteiger partial charge is 0.239 e. The van der Waals surface area contributed by atoms with Crippen LogP contribution in [0.3, 0.4) is 0 Å². The minimum Gasteiger partial charge on any atom is -0.341 e. The summed E-state index contributed by atoms with van der Waals surface area (Å²) >= 11 is 0. The summed E-state index contributed by atoms with van der Waals surface area (Å²) in [5, 5.41) is 3.24. The van der Waals surface area contributed by atoms with Crippen LogP contribution in [0.4, 0.5) is 4.39 Å². The third kappa shape index (κ3) is 4.79. The normalized spacial score (nSPS) is 25.1. The van der Waals surface area contributed by atoms with Crippen molar-refractivity contribution in [1.29, 1.82) is 0 Å². The van der Waals surface area contributed by atoms with Gasteiger partial charge in [-0.3, -0.25) is 9.69 Å². The molecule has 5 heteroatoms. The van der Waals surface area contributed by atoms with Gasteiger partial charge < -0.3 is 10.2 Å². The molecule has 3 rings (SSSR count). The van der Waals surface area contributed by atoms with Gasteiger partial charge in [-0.15, -0.1) is 0 Å². The van der Waals surface area contributed by atoms with Gasteiger partial charge in [0, 0.05) is 19.6 Å². The Morgan fingerprint density at radius 3 is 2.72 bits per heavy atom. The fourth-order valence-corrected chi connectivity index (χ4v) is 4.22. The van der Waals surface area contributed by atoms with E-state index in [-0.39, 0.29) is 11.9 Å². The molecule has 138 valence electrons. The standard InChI is InChI=1S/C20H30FN3O/c1-22-13-17-5-4-12-24(15-17)20(25)19-6-2-3-11-23(19)14-16-7-9-18(21)10-8-16/h7-10,17,19,22H,2-6,11-15H2,1H3/t17-,19+/m0/s1. The van der Waals surface area contributed by atoms with Gasteiger partial charge in [-0.25, -0.2) is 4.39 Å². The Morgan fingerprint density at radius 1 is 1.16 bits per heavy atom. The molecule has 2 fully saturated rings. The molecule has 2 aliphatic rings. The third-order valence-electron chi connectivity index (χ3n) is 5.52. The van der Waals surface area contributed by atoms with Crippen molar-refractivity contribution >= 4 is 5.91 Å². The van der Waals surface area contributed by atoms with Crippen LogP contribution < -0.4 is 5.32 Å².